The van der Waals surface area contributed by atoms with Gasteiger partial charge in [-0.05, 0) is 30.9 Å². The molecule has 5 heteroatoms. The first-order valence-corrected chi connectivity index (χ1v) is 6.27. The molecular formula is C14H16FNO3. The lowest BCUT2D eigenvalue weighted by Gasteiger charge is -2.15. The smallest absolute Gasteiger partial charge is 0.307 e. The summed E-state index contributed by atoms with van der Waals surface area (Å²) in [6, 6.07) is 5.86. The second-order valence-electron chi connectivity index (χ2n) is 5.10. The summed E-state index contributed by atoms with van der Waals surface area (Å²) in [5, 5.41) is 11.6. The van der Waals surface area contributed by atoms with Gasteiger partial charge in [0.05, 0.1) is 17.5 Å². The van der Waals surface area contributed by atoms with Crippen LogP contribution in [0.15, 0.2) is 24.3 Å². The van der Waals surface area contributed by atoms with Gasteiger partial charge in [-0.1, -0.05) is 19.1 Å². The van der Waals surface area contributed by atoms with Gasteiger partial charge in [0.15, 0.2) is 0 Å². The van der Waals surface area contributed by atoms with E-state index in [4.69, 9.17) is 5.11 Å². The molecule has 1 aromatic rings. The quantitative estimate of drug-likeness (QED) is 0.882. The lowest BCUT2D eigenvalue weighted by Crippen LogP contribution is -2.30. The molecule has 1 aliphatic rings. The number of hydrogen-bond acceptors (Lipinski definition) is 2. The molecule has 1 saturated carbocycles. The molecule has 0 aromatic heterocycles. The molecule has 2 rings (SSSR count). The molecule has 0 aliphatic heterocycles. The van der Waals surface area contributed by atoms with Crippen molar-refractivity contribution in [1.82, 2.24) is 0 Å². The van der Waals surface area contributed by atoms with E-state index in [1.165, 1.54) is 18.2 Å². The molecule has 102 valence electrons. The van der Waals surface area contributed by atoms with Crippen molar-refractivity contribution in [3.63, 3.8) is 0 Å². The van der Waals surface area contributed by atoms with Crippen molar-refractivity contribution in [3.05, 3.63) is 30.1 Å². The van der Waals surface area contributed by atoms with Crippen LogP contribution in [-0.2, 0) is 9.59 Å². The van der Waals surface area contributed by atoms with Gasteiger partial charge in [-0.15, -0.1) is 0 Å². The topological polar surface area (TPSA) is 66.4 Å². The maximum atomic E-state index is 13.4. The van der Waals surface area contributed by atoms with Gasteiger partial charge >= 0.3 is 5.97 Å². The number of amides is 1. The van der Waals surface area contributed by atoms with Crippen molar-refractivity contribution in [2.75, 3.05) is 5.32 Å². The van der Waals surface area contributed by atoms with E-state index in [9.17, 15) is 14.0 Å². The minimum Gasteiger partial charge on any atom is -0.481 e. The number of para-hydroxylation sites is 1. The Hall–Kier alpha value is -1.91. The highest BCUT2D eigenvalue weighted by Crippen LogP contribution is 2.37. The van der Waals surface area contributed by atoms with E-state index in [-0.39, 0.29) is 11.6 Å². The molecule has 1 unspecified atom stereocenters. The minimum absolute atomic E-state index is 0.0937. The molecule has 0 bridgehead atoms. The molecule has 0 heterocycles. The van der Waals surface area contributed by atoms with E-state index in [1.54, 1.807) is 6.07 Å². The first-order valence-electron chi connectivity index (χ1n) is 6.27. The van der Waals surface area contributed by atoms with Crippen LogP contribution in [-0.4, -0.2) is 17.0 Å². The van der Waals surface area contributed by atoms with Crippen LogP contribution in [0.25, 0.3) is 0 Å². The molecule has 2 N–H and O–H groups in total. The molecule has 1 aliphatic carbocycles. The number of aliphatic carboxylic acids is 1. The summed E-state index contributed by atoms with van der Waals surface area (Å²) >= 11 is 0. The van der Waals surface area contributed by atoms with Crippen molar-refractivity contribution < 1.29 is 19.1 Å². The van der Waals surface area contributed by atoms with E-state index >= 15 is 0 Å². The molecule has 0 radical (unpaired) electrons. The van der Waals surface area contributed by atoms with E-state index in [2.05, 4.69) is 5.32 Å². The lowest BCUT2D eigenvalue weighted by atomic mass is 9.95. The van der Waals surface area contributed by atoms with Crippen molar-refractivity contribution in [1.29, 1.82) is 0 Å². The molecule has 4 nitrogen and oxygen atoms in total. The highest BCUT2D eigenvalue weighted by molar-refractivity contribution is 5.95. The summed E-state index contributed by atoms with van der Waals surface area (Å²) in [7, 11) is 0. The first-order chi connectivity index (χ1) is 8.99. The summed E-state index contributed by atoms with van der Waals surface area (Å²) in [5.74, 6) is -2.97. The Labute approximate surface area is 110 Å². The number of carboxylic acid groups (broad SMARTS) is 1. The third kappa shape index (κ3) is 2.92. The third-order valence-electron chi connectivity index (χ3n) is 3.58. The molecular weight excluding hydrogens is 249 g/mol. The number of anilines is 1. The van der Waals surface area contributed by atoms with Crippen LogP contribution >= 0.6 is 0 Å². The Kier molecular flexibility index (Phi) is 3.83. The van der Waals surface area contributed by atoms with E-state index in [0.29, 0.717) is 12.8 Å². The van der Waals surface area contributed by atoms with Crippen molar-refractivity contribution in [2.45, 2.75) is 19.8 Å². The molecule has 1 fully saturated rings. The van der Waals surface area contributed by atoms with Crippen LogP contribution in [0.2, 0.25) is 0 Å². The maximum Gasteiger partial charge on any atom is 0.307 e. The second-order valence-corrected chi connectivity index (χ2v) is 5.10. The first kappa shape index (κ1) is 13.5. The summed E-state index contributed by atoms with van der Waals surface area (Å²) in [4.78, 5) is 23.2. The molecule has 1 aromatic carbocycles. The zero-order chi connectivity index (χ0) is 14.0. The van der Waals surface area contributed by atoms with Crippen LogP contribution in [0.3, 0.4) is 0 Å². The van der Waals surface area contributed by atoms with Crippen molar-refractivity contribution in [3.8, 4) is 0 Å². The van der Waals surface area contributed by atoms with E-state index < -0.39 is 29.5 Å². The maximum absolute atomic E-state index is 13.4. The van der Waals surface area contributed by atoms with Gasteiger partial charge in [0.1, 0.15) is 5.82 Å². The summed E-state index contributed by atoms with van der Waals surface area (Å²) in [5.41, 5.74) is 0.0937. The largest absolute Gasteiger partial charge is 0.481 e. The average molecular weight is 265 g/mol. The van der Waals surface area contributed by atoms with E-state index in [1.807, 2.05) is 6.92 Å². The fourth-order valence-corrected chi connectivity index (χ4v) is 2.64. The van der Waals surface area contributed by atoms with Gasteiger partial charge in [0, 0.05) is 0 Å². The number of nitrogens with one attached hydrogen (secondary N) is 1. The third-order valence-corrected chi connectivity index (χ3v) is 3.58. The zero-order valence-corrected chi connectivity index (χ0v) is 10.6. The van der Waals surface area contributed by atoms with Gasteiger partial charge in [0.2, 0.25) is 5.91 Å². The Morgan fingerprint density at radius 1 is 1.26 bits per heavy atom. The number of rotatable bonds is 3. The van der Waals surface area contributed by atoms with Crippen LogP contribution in [0.5, 0.6) is 0 Å². The molecule has 0 saturated heterocycles. The van der Waals surface area contributed by atoms with Gasteiger partial charge in [-0.25, -0.2) is 4.39 Å². The van der Waals surface area contributed by atoms with Crippen LogP contribution in [0.1, 0.15) is 19.8 Å². The summed E-state index contributed by atoms with van der Waals surface area (Å²) in [6.07, 6.45) is 1.02. The standard InChI is InChI=1S/C14H16FNO3/c1-8-6-9(10(7-8)14(18)19)13(17)16-12-5-3-2-4-11(12)15/h2-5,8-10H,6-7H2,1H3,(H,16,17)(H,18,19)/t8?,9-,10+/m0/s1. The van der Waals surface area contributed by atoms with E-state index in [0.717, 1.165) is 0 Å². The molecule has 19 heavy (non-hydrogen) atoms. The van der Waals surface area contributed by atoms with Crippen LogP contribution in [0.4, 0.5) is 10.1 Å². The zero-order valence-electron chi connectivity index (χ0n) is 10.6. The van der Waals surface area contributed by atoms with Gasteiger partial charge in [-0.3, -0.25) is 9.59 Å². The fourth-order valence-electron chi connectivity index (χ4n) is 2.64. The highest BCUT2D eigenvalue weighted by Gasteiger charge is 2.41. The Bertz CT molecular complexity index is 503. The molecule has 0 spiro atoms. The van der Waals surface area contributed by atoms with Crippen molar-refractivity contribution in [2.24, 2.45) is 17.8 Å². The Morgan fingerprint density at radius 3 is 2.53 bits per heavy atom. The van der Waals surface area contributed by atoms with Crippen molar-refractivity contribution >= 4 is 17.6 Å². The highest BCUT2D eigenvalue weighted by atomic mass is 19.1. The SMILES string of the molecule is CC1C[C@H](C(=O)Nc2ccccc2F)[C@H](C(=O)O)C1. The normalized spacial score (nSPS) is 26.1. The average Bonchev–Trinajstić information content (AvgIpc) is 2.74. The second kappa shape index (κ2) is 5.38. The van der Waals surface area contributed by atoms with Gasteiger partial charge < -0.3 is 10.4 Å². The predicted octanol–water partition coefficient (Wildman–Crippen LogP) is 2.51. The van der Waals surface area contributed by atoms with Crippen LogP contribution < -0.4 is 5.32 Å². The molecule has 1 amide bonds. The minimum atomic E-state index is -0.960. The monoisotopic (exact) mass is 265 g/mol. The number of carbonyl (C=O) groups excluding carboxylic acids is 1. The van der Waals surface area contributed by atoms with Crippen LogP contribution in [0, 0.1) is 23.6 Å². The number of hydrogen-bond donors (Lipinski definition) is 2. The number of carbonyl (C=O) groups is 2. The number of carboxylic acids is 1. The Morgan fingerprint density at radius 2 is 1.89 bits per heavy atom. The number of benzene rings is 1. The summed E-state index contributed by atoms with van der Waals surface area (Å²) in [6.45, 7) is 1.92. The number of halogens is 1. The fraction of sp³-hybridized carbons (Fsp3) is 0.429. The van der Waals surface area contributed by atoms with Gasteiger partial charge in [-0.2, -0.15) is 0 Å². The lowest BCUT2D eigenvalue weighted by molar-refractivity contribution is -0.145. The van der Waals surface area contributed by atoms with Gasteiger partial charge in [0.25, 0.3) is 0 Å². The predicted molar refractivity (Wildman–Crippen MR) is 68.0 cm³/mol. The Balaban J connectivity index is 2.11. The summed E-state index contributed by atoms with van der Waals surface area (Å²) < 4.78 is 13.4. The molecule has 3 atom stereocenters.